The molecule has 0 aromatic heterocycles. The molecule has 1 aromatic rings. The zero-order valence-electron chi connectivity index (χ0n) is 9.14. The van der Waals surface area contributed by atoms with Gasteiger partial charge in [0.15, 0.2) is 0 Å². The van der Waals surface area contributed by atoms with E-state index in [9.17, 15) is 9.90 Å². The highest BCUT2D eigenvalue weighted by molar-refractivity contribution is 5.74. The van der Waals surface area contributed by atoms with Gasteiger partial charge in [-0.3, -0.25) is 9.63 Å². The first-order valence-corrected chi connectivity index (χ1v) is 4.93. The third-order valence-electron chi connectivity index (χ3n) is 2.13. The standard InChI is InChI=1S/C11H16N2O3/c1-11(15,8-13-16-7-10(12)14)9-5-3-2-4-6-9/h2-6,13,15H,7-8H2,1H3,(H2,12,14). The van der Waals surface area contributed by atoms with Gasteiger partial charge >= 0.3 is 0 Å². The van der Waals surface area contributed by atoms with Crippen LogP contribution in [0.4, 0.5) is 0 Å². The van der Waals surface area contributed by atoms with Gasteiger partial charge in [-0.2, -0.15) is 5.48 Å². The number of nitrogens with one attached hydrogen (secondary N) is 1. The fourth-order valence-corrected chi connectivity index (χ4v) is 1.21. The second kappa shape index (κ2) is 5.60. The van der Waals surface area contributed by atoms with Crippen molar-refractivity contribution in [3.63, 3.8) is 0 Å². The Morgan fingerprint density at radius 1 is 1.50 bits per heavy atom. The molecule has 0 spiro atoms. The molecular weight excluding hydrogens is 208 g/mol. The Morgan fingerprint density at radius 2 is 2.12 bits per heavy atom. The number of rotatable bonds is 6. The van der Waals surface area contributed by atoms with Crippen LogP contribution < -0.4 is 11.2 Å². The molecule has 16 heavy (non-hydrogen) atoms. The normalized spacial score (nSPS) is 14.4. The van der Waals surface area contributed by atoms with E-state index in [2.05, 4.69) is 5.48 Å². The van der Waals surface area contributed by atoms with Gasteiger partial charge in [0.25, 0.3) is 0 Å². The number of hydrogen-bond donors (Lipinski definition) is 3. The van der Waals surface area contributed by atoms with Crippen LogP contribution in [0.1, 0.15) is 12.5 Å². The van der Waals surface area contributed by atoms with Gasteiger partial charge in [-0.05, 0) is 12.5 Å². The lowest BCUT2D eigenvalue weighted by atomic mass is 9.96. The van der Waals surface area contributed by atoms with Crippen LogP contribution in [0.3, 0.4) is 0 Å². The maximum absolute atomic E-state index is 10.4. The van der Waals surface area contributed by atoms with Gasteiger partial charge in [0.2, 0.25) is 5.91 Å². The number of carbonyl (C=O) groups excluding carboxylic acids is 1. The molecule has 0 aliphatic carbocycles. The van der Waals surface area contributed by atoms with E-state index in [4.69, 9.17) is 10.6 Å². The monoisotopic (exact) mass is 224 g/mol. The van der Waals surface area contributed by atoms with Gasteiger partial charge < -0.3 is 10.8 Å². The Balaban J connectivity index is 2.43. The van der Waals surface area contributed by atoms with Gasteiger partial charge in [-0.25, -0.2) is 0 Å². The summed E-state index contributed by atoms with van der Waals surface area (Å²) < 4.78 is 0. The Bertz CT molecular complexity index is 338. The molecule has 4 N–H and O–H groups in total. The van der Waals surface area contributed by atoms with Gasteiger partial charge in [-0.1, -0.05) is 30.3 Å². The van der Waals surface area contributed by atoms with Crippen molar-refractivity contribution in [1.82, 2.24) is 5.48 Å². The van der Waals surface area contributed by atoms with Crippen molar-refractivity contribution in [2.24, 2.45) is 5.73 Å². The number of hydroxylamine groups is 1. The first-order valence-electron chi connectivity index (χ1n) is 4.93. The van der Waals surface area contributed by atoms with E-state index < -0.39 is 11.5 Å². The molecule has 0 aliphatic heterocycles. The summed E-state index contributed by atoms with van der Waals surface area (Å²) in [6, 6.07) is 9.18. The van der Waals surface area contributed by atoms with E-state index in [1.165, 1.54) is 0 Å². The number of nitrogens with two attached hydrogens (primary N) is 1. The van der Waals surface area contributed by atoms with Crippen LogP contribution in [0.15, 0.2) is 30.3 Å². The molecular formula is C11H16N2O3. The number of primary amides is 1. The fraction of sp³-hybridized carbons (Fsp3) is 0.364. The molecule has 5 nitrogen and oxygen atoms in total. The Hall–Kier alpha value is -1.43. The molecule has 1 amide bonds. The highest BCUT2D eigenvalue weighted by atomic mass is 16.6. The number of carbonyl (C=O) groups is 1. The topological polar surface area (TPSA) is 84.6 Å². The van der Waals surface area contributed by atoms with Crippen molar-refractivity contribution >= 4 is 5.91 Å². The fourth-order valence-electron chi connectivity index (χ4n) is 1.21. The largest absolute Gasteiger partial charge is 0.384 e. The quantitative estimate of drug-likeness (QED) is 0.465. The molecule has 1 atom stereocenters. The Kier molecular flexibility index (Phi) is 4.42. The van der Waals surface area contributed by atoms with E-state index in [1.54, 1.807) is 6.92 Å². The van der Waals surface area contributed by atoms with Crippen molar-refractivity contribution in [1.29, 1.82) is 0 Å². The second-order valence-corrected chi connectivity index (χ2v) is 3.72. The third kappa shape index (κ3) is 3.98. The highest BCUT2D eigenvalue weighted by Crippen LogP contribution is 2.18. The number of aliphatic hydroxyl groups is 1. The first kappa shape index (κ1) is 12.6. The predicted octanol–water partition coefficient (Wildman–Crippen LogP) is -0.0994. The SMILES string of the molecule is CC(O)(CNOCC(N)=O)c1ccccc1. The Morgan fingerprint density at radius 3 is 2.69 bits per heavy atom. The van der Waals surface area contributed by atoms with Gasteiger partial charge in [0.1, 0.15) is 12.2 Å². The summed E-state index contributed by atoms with van der Waals surface area (Å²) in [6.07, 6.45) is 0. The van der Waals surface area contributed by atoms with Crippen molar-refractivity contribution in [3.8, 4) is 0 Å². The van der Waals surface area contributed by atoms with Crippen LogP contribution in [0, 0.1) is 0 Å². The van der Waals surface area contributed by atoms with Crippen molar-refractivity contribution < 1.29 is 14.7 Å². The minimum absolute atomic E-state index is 0.171. The van der Waals surface area contributed by atoms with E-state index in [0.29, 0.717) is 0 Å². The predicted molar refractivity (Wildman–Crippen MR) is 59.2 cm³/mol. The smallest absolute Gasteiger partial charge is 0.245 e. The van der Waals surface area contributed by atoms with E-state index in [-0.39, 0.29) is 13.2 Å². The zero-order chi connectivity index (χ0) is 12.0. The summed E-state index contributed by atoms with van der Waals surface area (Å²) in [5.74, 6) is -0.563. The first-order chi connectivity index (χ1) is 7.52. The summed E-state index contributed by atoms with van der Waals surface area (Å²) in [5.41, 5.74) is 7.10. The van der Waals surface area contributed by atoms with Gasteiger partial charge in [0.05, 0.1) is 6.54 Å². The minimum atomic E-state index is -1.06. The molecule has 1 aromatic carbocycles. The zero-order valence-corrected chi connectivity index (χ0v) is 9.14. The van der Waals surface area contributed by atoms with Gasteiger partial charge in [0, 0.05) is 0 Å². The second-order valence-electron chi connectivity index (χ2n) is 3.72. The lowest BCUT2D eigenvalue weighted by Crippen LogP contribution is -2.37. The lowest BCUT2D eigenvalue weighted by Gasteiger charge is -2.23. The third-order valence-corrected chi connectivity index (χ3v) is 2.13. The van der Waals surface area contributed by atoms with Crippen LogP contribution in [0.5, 0.6) is 0 Å². The molecule has 0 bridgehead atoms. The minimum Gasteiger partial charge on any atom is -0.384 e. The number of benzene rings is 1. The molecule has 0 saturated heterocycles. The summed E-state index contributed by atoms with van der Waals surface area (Å²) in [7, 11) is 0. The number of amides is 1. The van der Waals surface area contributed by atoms with E-state index >= 15 is 0 Å². The van der Waals surface area contributed by atoms with Crippen LogP contribution in [0.25, 0.3) is 0 Å². The van der Waals surface area contributed by atoms with E-state index in [1.807, 2.05) is 30.3 Å². The summed E-state index contributed by atoms with van der Waals surface area (Å²) in [5, 5.41) is 10.1. The summed E-state index contributed by atoms with van der Waals surface area (Å²) in [6.45, 7) is 1.61. The van der Waals surface area contributed by atoms with Crippen molar-refractivity contribution in [2.45, 2.75) is 12.5 Å². The summed E-state index contributed by atoms with van der Waals surface area (Å²) >= 11 is 0. The average Bonchev–Trinajstić information content (AvgIpc) is 2.26. The molecule has 1 unspecified atom stereocenters. The maximum atomic E-state index is 10.4. The molecule has 0 heterocycles. The number of hydrogen-bond acceptors (Lipinski definition) is 4. The van der Waals surface area contributed by atoms with Gasteiger partial charge in [-0.15, -0.1) is 0 Å². The summed E-state index contributed by atoms with van der Waals surface area (Å²) in [4.78, 5) is 15.2. The molecule has 1 rings (SSSR count). The average molecular weight is 224 g/mol. The molecule has 0 saturated carbocycles. The lowest BCUT2D eigenvalue weighted by molar-refractivity contribution is -0.126. The van der Waals surface area contributed by atoms with Crippen LogP contribution in [-0.4, -0.2) is 24.2 Å². The van der Waals surface area contributed by atoms with Crippen molar-refractivity contribution in [3.05, 3.63) is 35.9 Å². The van der Waals surface area contributed by atoms with E-state index in [0.717, 1.165) is 5.56 Å². The molecule has 0 aliphatic rings. The molecule has 0 radical (unpaired) electrons. The molecule has 88 valence electrons. The molecule has 5 heteroatoms. The maximum Gasteiger partial charge on any atom is 0.245 e. The Labute approximate surface area is 94.2 Å². The highest BCUT2D eigenvalue weighted by Gasteiger charge is 2.22. The molecule has 0 fully saturated rings. The van der Waals surface area contributed by atoms with Crippen LogP contribution in [0.2, 0.25) is 0 Å². The van der Waals surface area contributed by atoms with Crippen molar-refractivity contribution in [2.75, 3.05) is 13.2 Å². The van der Waals surface area contributed by atoms with Crippen LogP contribution in [-0.2, 0) is 15.2 Å². The van der Waals surface area contributed by atoms with Crippen LogP contribution >= 0.6 is 0 Å².